The van der Waals surface area contributed by atoms with Crippen molar-refractivity contribution in [3.63, 3.8) is 0 Å². The van der Waals surface area contributed by atoms with Crippen molar-refractivity contribution in [2.45, 2.75) is 45.2 Å². The number of methoxy groups -OCH3 is 3. The van der Waals surface area contributed by atoms with Crippen LogP contribution in [0.2, 0.25) is 0 Å². The lowest BCUT2D eigenvalue weighted by molar-refractivity contribution is 0.346. The van der Waals surface area contributed by atoms with Gasteiger partial charge in [-0.1, -0.05) is 19.8 Å². The minimum absolute atomic E-state index is 0.579. The summed E-state index contributed by atoms with van der Waals surface area (Å²) in [7, 11) is 4.98. The summed E-state index contributed by atoms with van der Waals surface area (Å²) in [5, 5.41) is 3.64. The number of rotatable bonds is 9. The van der Waals surface area contributed by atoms with Crippen LogP contribution in [0.4, 0.5) is 0 Å². The van der Waals surface area contributed by atoms with Crippen LogP contribution < -0.4 is 19.5 Å². The molecule has 0 amide bonds. The van der Waals surface area contributed by atoms with Crippen molar-refractivity contribution < 1.29 is 14.2 Å². The fraction of sp³-hybridized carbons (Fsp3) is 0.647. The number of hydrogen-bond acceptors (Lipinski definition) is 4. The highest BCUT2D eigenvalue weighted by Crippen LogP contribution is 2.36. The smallest absolute Gasteiger partial charge is 0.164 e. The van der Waals surface area contributed by atoms with Gasteiger partial charge >= 0.3 is 0 Å². The highest BCUT2D eigenvalue weighted by Gasteiger charge is 2.24. The molecule has 0 aliphatic heterocycles. The molecule has 1 fully saturated rings. The van der Waals surface area contributed by atoms with Crippen LogP contribution in [0.3, 0.4) is 0 Å². The monoisotopic (exact) mass is 293 g/mol. The Morgan fingerprint density at radius 3 is 2.19 bits per heavy atom. The zero-order valence-corrected chi connectivity index (χ0v) is 13.6. The van der Waals surface area contributed by atoms with E-state index >= 15 is 0 Å². The van der Waals surface area contributed by atoms with Gasteiger partial charge in [0.2, 0.25) is 0 Å². The van der Waals surface area contributed by atoms with E-state index in [1.165, 1.54) is 19.3 Å². The molecule has 0 radical (unpaired) electrons. The topological polar surface area (TPSA) is 39.7 Å². The molecular weight excluding hydrogens is 266 g/mol. The standard InChI is InChI=1S/C17H27NO3/c1-5-14(8-12-6-7-12)18-11-13-9-16(20-3)17(21-4)10-15(13)19-2/h9-10,12,14,18H,5-8,11H2,1-4H3. The molecular formula is C17H27NO3. The van der Waals surface area contributed by atoms with Crippen LogP contribution in [-0.4, -0.2) is 27.4 Å². The van der Waals surface area contributed by atoms with Crippen molar-refractivity contribution in [3.05, 3.63) is 17.7 Å². The Bertz CT molecular complexity index is 458. The Morgan fingerprint density at radius 1 is 1.05 bits per heavy atom. The third-order valence-electron chi connectivity index (χ3n) is 4.18. The van der Waals surface area contributed by atoms with E-state index in [1.807, 2.05) is 12.1 Å². The van der Waals surface area contributed by atoms with Crippen molar-refractivity contribution >= 4 is 0 Å². The van der Waals surface area contributed by atoms with E-state index in [2.05, 4.69) is 12.2 Å². The maximum atomic E-state index is 5.47. The Morgan fingerprint density at radius 2 is 1.67 bits per heavy atom. The third kappa shape index (κ3) is 4.27. The van der Waals surface area contributed by atoms with Crippen LogP contribution in [0.5, 0.6) is 17.2 Å². The van der Waals surface area contributed by atoms with Crippen LogP contribution in [0.15, 0.2) is 12.1 Å². The minimum Gasteiger partial charge on any atom is -0.496 e. The molecule has 0 heterocycles. The van der Waals surface area contributed by atoms with Gasteiger partial charge in [0.25, 0.3) is 0 Å². The molecule has 4 heteroatoms. The summed E-state index contributed by atoms with van der Waals surface area (Å²) in [6.45, 7) is 3.03. The third-order valence-corrected chi connectivity index (χ3v) is 4.18. The van der Waals surface area contributed by atoms with Crippen molar-refractivity contribution in [1.82, 2.24) is 5.32 Å². The summed E-state index contributed by atoms with van der Waals surface area (Å²) in [6, 6.07) is 4.46. The largest absolute Gasteiger partial charge is 0.496 e. The average molecular weight is 293 g/mol. The first-order valence-electron chi connectivity index (χ1n) is 7.74. The predicted octanol–water partition coefficient (Wildman–Crippen LogP) is 3.38. The van der Waals surface area contributed by atoms with Gasteiger partial charge in [-0.2, -0.15) is 0 Å². The van der Waals surface area contributed by atoms with Crippen molar-refractivity contribution in [1.29, 1.82) is 0 Å². The first-order chi connectivity index (χ1) is 10.2. The van der Waals surface area contributed by atoms with Gasteiger partial charge in [-0.05, 0) is 24.8 Å². The van der Waals surface area contributed by atoms with E-state index in [9.17, 15) is 0 Å². The average Bonchev–Trinajstić information content (AvgIpc) is 3.34. The van der Waals surface area contributed by atoms with Crippen LogP contribution in [0.1, 0.15) is 38.2 Å². The van der Waals surface area contributed by atoms with Crippen LogP contribution >= 0.6 is 0 Å². The Hall–Kier alpha value is -1.42. The SMILES string of the molecule is CCC(CC1CC1)NCc1cc(OC)c(OC)cc1OC. The van der Waals surface area contributed by atoms with E-state index in [4.69, 9.17) is 14.2 Å². The van der Waals surface area contributed by atoms with E-state index in [0.29, 0.717) is 11.8 Å². The van der Waals surface area contributed by atoms with E-state index in [0.717, 1.165) is 35.9 Å². The first-order valence-corrected chi connectivity index (χ1v) is 7.74. The lowest BCUT2D eigenvalue weighted by Crippen LogP contribution is -2.28. The van der Waals surface area contributed by atoms with Crippen molar-refractivity contribution in [3.8, 4) is 17.2 Å². The van der Waals surface area contributed by atoms with Gasteiger partial charge in [0.15, 0.2) is 11.5 Å². The molecule has 0 spiro atoms. The molecule has 21 heavy (non-hydrogen) atoms. The Kier molecular flexibility index (Phi) is 5.74. The molecule has 1 aromatic rings. The van der Waals surface area contributed by atoms with Gasteiger partial charge in [0.1, 0.15) is 5.75 Å². The fourth-order valence-electron chi connectivity index (χ4n) is 2.64. The summed E-state index contributed by atoms with van der Waals surface area (Å²) in [6.07, 6.45) is 5.24. The lowest BCUT2D eigenvalue weighted by Gasteiger charge is -2.19. The zero-order chi connectivity index (χ0) is 15.2. The summed E-state index contributed by atoms with van der Waals surface area (Å²) in [5.41, 5.74) is 1.10. The second-order valence-corrected chi connectivity index (χ2v) is 5.68. The van der Waals surface area contributed by atoms with E-state index in [-0.39, 0.29) is 0 Å². The molecule has 1 aliphatic carbocycles. The van der Waals surface area contributed by atoms with E-state index < -0.39 is 0 Å². The van der Waals surface area contributed by atoms with Gasteiger partial charge < -0.3 is 19.5 Å². The summed E-state index contributed by atoms with van der Waals surface area (Å²) < 4.78 is 16.2. The van der Waals surface area contributed by atoms with Crippen LogP contribution in [0.25, 0.3) is 0 Å². The summed E-state index contributed by atoms with van der Waals surface area (Å²) >= 11 is 0. The molecule has 2 rings (SSSR count). The fourth-order valence-corrected chi connectivity index (χ4v) is 2.64. The molecule has 0 aromatic heterocycles. The van der Waals surface area contributed by atoms with Gasteiger partial charge in [-0.25, -0.2) is 0 Å². The highest BCUT2D eigenvalue weighted by atomic mass is 16.5. The normalized spacial score (nSPS) is 15.6. The molecule has 1 atom stereocenters. The van der Waals surface area contributed by atoms with Crippen molar-refractivity contribution in [2.24, 2.45) is 5.92 Å². The predicted molar refractivity (Wildman–Crippen MR) is 84.4 cm³/mol. The van der Waals surface area contributed by atoms with Gasteiger partial charge in [-0.15, -0.1) is 0 Å². The Labute approximate surface area is 127 Å². The highest BCUT2D eigenvalue weighted by molar-refractivity contribution is 5.50. The molecule has 0 bridgehead atoms. The molecule has 118 valence electrons. The quantitative estimate of drug-likeness (QED) is 0.757. The van der Waals surface area contributed by atoms with E-state index in [1.54, 1.807) is 21.3 Å². The molecule has 4 nitrogen and oxygen atoms in total. The summed E-state index contributed by atoms with van der Waals surface area (Å²) in [5.74, 6) is 3.21. The molecule has 0 saturated heterocycles. The number of ether oxygens (including phenoxy) is 3. The molecule has 1 saturated carbocycles. The number of hydrogen-bond donors (Lipinski definition) is 1. The second kappa shape index (κ2) is 7.55. The molecule has 1 N–H and O–H groups in total. The number of benzene rings is 1. The minimum atomic E-state index is 0.579. The summed E-state index contributed by atoms with van der Waals surface area (Å²) in [4.78, 5) is 0. The van der Waals surface area contributed by atoms with Crippen molar-refractivity contribution in [2.75, 3.05) is 21.3 Å². The maximum absolute atomic E-state index is 5.47. The molecule has 1 aliphatic rings. The lowest BCUT2D eigenvalue weighted by atomic mass is 10.1. The molecule has 1 unspecified atom stereocenters. The molecule has 1 aromatic carbocycles. The van der Waals surface area contributed by atoms with Crippen LogP contribution in [-0.2, 0) is 6.54 Å². The van der Waals surface area contributed by atoms with Crippen LogP contribution in [0, 0.1) is 5.92 Å². The van der Waals surface area contributed by atoms with Gasteiger partial charge in [-0.3, -0.25) is 0 Å². The Balaban J connectivity index is 2.06. The first kappa shape index (κ1) is 16.0. The zero-order valence-electron chi connectivity index (χ0n) is 13.6. The van der Waals surface area contributed by atoms with Gasteiger partial charge in [0, 0.05) is 24.2 Å². The maximum Gasteiger partial charge on any atom is 0.164 e. The second-order valence-electron chi connectivity index (χ2n) is 5.68. The number of nitrogens with one attached hydrogen (secondary N) is 1. The van der Waals surface area contributed by atoms with Gasteiger partial charge in [0.05, 0.1) is 21.3 Å².